The van der Waals surface area contributed by atoms with Crippen LogP contribution in [0.15, 0.2) is 30.5 Å². The molecule has 26 heavy (non-hydrogen) atoms. The molecule has 1 N–H and O–H groups in total. The third kappa shape index (κ3) is 3.22. The van der Waals surface area contributed by atoms with Crippen LogP contribution >= 0.6 is 0 Å². The molecule has 4 rings (SSSR count). The number of rotatable bonds is 4. The minimum Gasteiger partial charge on any atom is -0.491 e. The van der Waals surface area contributed by atoms with Gasteiger partial charge in [-0.3, -0.25) is 5.10 Å². The van der Waals surface area contributed by atoms with E-state index in [0.29, 0.717) is 29.9 Å². The summed E-state index contributed by atoms with van der Waals surface area (Å²) < 4.78 is 25.5. The predicted octanol–water partition coefficient (Wildman–Crippen LogP) is 3.39. The van der Waals surface area contributed by atoms with Crippen molar-refractivity contribution in [1.29, 1.82) is 0 Å². The molecule has 0 unspecified atom stereocenters. The number of halogens is 1. The molecule has 3 aromatic rings. The van der Waals surface area contributed by atoms with Gasteiger partial charge >= 0.3 is 0 Å². The molecule has 0 spiro atoms. The van der Waals surface area contributed by atoms with Crippen molar-refractivity contribution in [3.63, 3.8) is 0 Å². The summed E-state index contributed by atoms with van der Waals surface area (Å²) in [4.78, 5) is 6.64. The SMILES string of the molecule is CC(C)Oc1cc(F)c2n[nH]c(-c3ccnc(N4CCOCC4)c3)c2c1. The van der Waals surface area contributed by atoms with Crippen LogP contribution in [0.1, 0.15) is 13.8 Å². The lowest BCUT2D eigenvalue weighted by Gasteiger charge is -2.27. The monoisotopic (exact) mass is 356 g/mol. The van der Waals surface area contributed by atoms with Crippen LogP contribution in [0.2, 0.25) is 0 Å². The Bertz CT molecular complexity index is 919. The highest BCUT2D eigenvalue weighted by Crippen LogP contribution is 2.32. The number of aromatic amines is 1. The van der Waals surface area contributed by atoms with Gasteiger partial charge in [0.15, 0.2) is 5.82 Å². The van der Waals surface area contributed by atoms with Gasteiger partial charge in [-0.1, -0.05) is 0 Å². The smallest absolute Gasteiger partial charge is 0.155 e. The van der Waals surface area contributed by atoms with Gasteiger partial charge in [0.25, 0.3) is 0 Å². The predicted molar refractivity (Wildman–Crippen MR) is 98.1 cm³/mol. The molecular formula is C19H21FN4O2. The van der Waals surface area contributed by atoms with Gasteiger partial charge in [-0.05, 0) is 32.0 Å². The van der Waals surface area contributed by atoms with Gasteiger partial charge in [-0.25, -0.2) is 9.37 Å². The highest BCUT2D eigenvalue weighted by molar-refractivity contribution is 5.94. The summed E-state index contributed by atoms with van der Waals surface area (Å²) >= 11 is 0. The number of ether oxygens (including phenoxy) is 2. The Balaban J connectivity index is 1.75. The van der Waals surface area contributed by atoms with E-state index in [2.05, 4.69) is 20.1 Å². The maximum atomic E-state index is 14.4. The summed E-state index contributed by atoms with van der Waals surface area (Å²) in [6.45, 7) is 6.83. The van der Waals surface area contributed by atoms with Gasteiger partial charge < -0.3 is 14.4 Å². The van der Waals surface area contributed by atoms with E-state index in [0.717, 1.165) is 30.2 Å². The van der Waals surface area contributed by atoms with E-state index < -0.39 is 5.82 Å². The summed E-state index contributed by atoms with van der Waals surface area (Å²) in [5, 5.41) is 7.81. The minimum absolute atomic E-state index is 0.0314. The highest BCUT2D eigenvalue weighted by Gasteiger charge is 2.17. The fourth-order valence-electron chi connectivity index (χ4n) is 3.15. The van der Waals surface area contributed by atoms with Crippen molar-refractivity contribution >= 4 is 16.7 Å². The number of hydrogen-bond acceptors (Lipinski definition) is 5. The van der Waals surface area contributed by atoms with Gasteiger partial charge in [0.2, 0.25) is 0 Å². The van der Waals surface area contributed by atoms with Crippen LogP contribution in [0.25, 0.3) is 22.2 Å². The third-order valence-electron chi connectivity index (χ3n) is 4.33. The Morgan fingerprint density at radius 2 is 2.04 bits per heavy atom. The fourth-order valence-corrected chi connectivity index (χ4v) is 3.15. The summed E-state index contributed by atoms with van der Waals surface area (Å²) in [6, 6.07) is 7.09. The Morgan fingerprint density at radius 1 is 1.23 bits per heavy atom. The maximum Gasteiger partial charge on any atom is 0.155 e. The number of anilines is 1. The number of aromatic nitrogens is 3. The number of H-pyrrole nitrogens is 1. The molecule has 0 saturated carbocycles. The molecular weight excluding hydrogens is 335 g/mol. The van der Waals surface area contributed by atoms with Crippen LogP contribution in [0.4, 0.5) is 10.2 Å². The number of nitrogens with zero attached hydrogens (tertiary/aromatic N) is 3. The first-order valence-corrected chi connectivity index (χ1v) is 8.75. The van der Waals surface area contributed by atoms with E-state index in [1.165, 1.54) is 6.07 Å². The topological polar surface area (TPSA) is 63.3 Å². The van der Waals surface area contributed by atoms with Crippen molar-refractivity contribution in [2.24, 2.45) is 0 Å². The second-order valence-corrected chi connectivity index (χ2v) is 6.57. The Morgan fingerprint density at radius 3 is 2.81 bits per heavy atom. The zero-order valence-corrected chi connectivity index (χ0v) is 14.8. The van der Waals surface area contributed by atoms with Gasteiger partial charge in [0.05, 0.1) is 25.0 Å². The third-order valence-corrected chi connectivity index (χ3v) is 4.33. The molecule has 1 aliphatic heterocycles. The number of fused-ring (bicyclic) bond motifs is 1. The highest BCUT2D eigenvalue weighted by atomic mass is 19.1. The molecule has 0 radical (unpaired) electrons. The molecule has 3 heterocycles. The number of hydrogen-bond donors (Lipinski definition) is 1. The second kappa shape index (κ2) is 6.92. The number of pyridine rings is 1. The molecule has 7 heteroatoms. The van der Waals surface area contributed by atoms with Gasteiger partial charge in [-0.15, -0.1) is 0 Å². The van der Waals surface area contributed by atoms with Gasteiger partial charge in [-0.2, -0.15) is 5.10 Å². The van der Waals surface area contributed by atoms with Crippen molar-refractivity contribution in [2.45, 2.75) is 20.0 Å². The first-order chi connectivity index (χ1) is 12.6. The van der Waals surface area contributed by atoms with Crippen LogP contribution in [0, 0.1) is 5.82 Å². The largest absolute Gasteiger partial charge is 0.491 e. The van der Waals surface area contributed by atoms with E-state index in [4.69, 9.17) is 9.47 Å². The molecule has 0 atom stereocenters. The van der Waals surface area contributed by atoms with E-state index >= 15 is 0 Å². The molecule has 1 aliphatic rings. The van der Waals surface area contributed by atoms with Crippen LogP contribution in [0.3, 0.4) is 0 Å². The molecule has 2 aromatic heterocycles. The average molecular weight is 356 g/mol. The summed E-state index contributed by atoms with van der Waals surface area (Å²) in [6.07, 6.45) is 1.73. The first-order valence-electron chi connectivity index (χ1n) is 8.75. The minimum atomic E-state index is -0.400. The van der Waals surface area contributed by atoms with E-state index in [1.54, 1.807) is 6.20 Å². The first kappa shape index (κ1) is 16.8. The summed E-state index contributed by atoms with van der Waals surface area (Å²) in [5.41, 5.74) is 1.97. The van der Waals surface area contributed by atoms with Gasteiger partial charge in [0, 0.05) is 36.3 Å². The molecule has 0 bridgehead atoms. The average Bonchev–Trinajstić information content (AvgIpc) is 3.06. The number of nitrogens with one attached hydrogen (secondary N) is 1. The molecule has 1 fully saturated rings. The molecule has 1 aromatic carbocycles. The lowest BCUT2D eigenvalue weighted by molar-refractivity contribution is 0.122. The lowest BCUT2D eigenvalue weighted by atomic mass is 10.1. The van der Waals surface area contributed by atoms with E-state index in [1.807, 2.05) is 32.0 Å². The molecule has 0 amide bonds. The van der Waals surface area contributed by atoms with Crippen LogP contribution in [-0.2, 0) is 4.74 Å². The number of morpholine rings is 1. The Kier molecular flexibility index (Phi) is 4.46. The van der Waals surface area contributed by atoms with Crippen molar-refractivity contribution in [3.8, 4) is 17.0 Å². The van der Waals surface area contributed by atoms with Gasteiger partial charge in [0.1, 0.15) is 17.1 Å². The lowest BCUT2D eigenvalue weighted by Crippen LogP contribution is -2.36. The van der Waals surface area contributed by atoms with Crippen LogP contribution in [-0.4, -0.2) is 47.6 Å². The maximum absolute atomic E-state index is 14.4. The quantitative estimate of drug-likeness (QED) is 0.776. The van der Waals surface area contributed by atoms with Crippen LogP contribution in [0.5, 0.6) is 5.75 Å². The second-order valence-electron chi connectivity index (χ2n) is 6.57. The molecule has 136 valence electrons. The molecule has 6 nitrogen and oxygen atoms in total. The normalized spacial score (nSPS) is 15.0. The number of benzene rings is 1. The molecule has 1 saturated heterocycles. The van der Waals surface area contributed by atoms with Crippen molar-refractivity contribution in [3.05, 3.63) is 36.3 Å². The molecule has 0 aliphatic carbocycles. The van der Waals surface area contributed by atoms with Crippen molar-refractivity contribution < 1.29 is 13.9 Å². The summed E-state index contributed by atoms with van der Waals surface area (Å²) in [5.74, 6) is 0.974. The van der Waals surface area contributed by atoms with Crippen molar-refractivity contribution in [1.82, 2.24) is 15.2 Å². The fraction of sp³-hybridized carbons (Fsp3) is 0.368. The zero-order valence-electron chi connectivity index (χ0n) is 14.8. The Hall–Kier alpha value is -2.67. The van der Waals surface area contributed by atoms with E-state index in [-0.39, 0.29) is 6.10 Å². The standard InChI is InChI=1S/C19H21FN4O2/c1-12(2)26-14-10-15-18(22-23-19(15)16(20)11-14)13-3-4-21-17(9-13)24-5-7-25-8-6-24/h3-4,9-12H,5-8H2,1-2H3,(H,22,23). The summed E-state index contributed by atoms with van der Waals surface area (Å²) in [7, 11) is 0. The Labute approximate surface area is 150 Å². The van der Waals surface area contributed by atoms with Crippen LogP contribution < -0.4 is 9.64 Å². The van der Waals surface area contributed by atoms with E-state index in [9.17, 15) is 4.39 Å². The van der Waals surface area contributed by atoms with Crippen molar-refractivity contribution in [2.75, 3.05) is 31.2 Å². The zero-order chi connectivity index (χ0) is 18.1.